The van der Waals surface area contributed by atoms with Crippen LogP contribution in [0.4, 0.5) is 0 Å². The minimum absolute atomic E-state index is 0.314. The molecule has 3 aromatic carbocycles. The molecule has 36 heavy (non-hydrogen) atoms. The van der Waals surface area contributed by atoms with Crippen LogP contribution in [-0.4, -0.2) is 13.7 Å². The lowest BCUT2D eigenvalue weighted by Gasteiger charge is -2.30. The van der Waals surface area contributed by atoms with Gasteiger partial charge in [-0.1, -0.05) is 60.2 Å². The summed E-state index contributed by atoms with van der Waals surface area (Å²) < 4.78 is 11.6. The van der Waals surface area contributed by atoms with Crippen LogP contribution in [0, 0.1) is 20.8 Å². The minimum atomic E-state index is -0.502. The highest BCUT2D eigenvalue weighted by atomic mass is 16.5. The van der Waals surface area contributed by atoms with Gasteiger partial charge in [0.25, 0.3) is 5.56 Å². The van der Waals surface area contributed by atoms with E-state index in [4.69, 9.17) is 4.74 Å². The van der Waals surface area contributed by atoms with Crippen LogP contribution < -0.4 is 16.0 Å². The second-order valence-corrected chi connectivity index (χ2v) is 9.70. The van der Waals surface area contributed by atoms with Crippen molar-refractivity contribution in [1.29, 1.82) is 0 Å². The van der Waals surface area contributed by atoms with Crippen molar-refractivity contribution in [1.82, 2.24) is 13.7 Å². The maximum atomic E-state index is 13.8. The summed E-state index contributed by atoms with van der Waals surface area (Å²) in [4.78, 5) is 27.0. The van der Waals surface area contributed by atoms with E-state index in [-0.39, 0.29) is 11.2 Å². The molecule has 0 bridgehead atoms. The molecule has 0 amide bonds. The summed E-state index contributed by atoms with van der Waals surface area (Å²) in [6.45, 7) is 6.13. The lowest BCUT2D eigenvalue weighted by Crippen LogP contribution is -2.37. The summed E-state index contributed by atoms with van der Waals surface area (Å²) >= 11 is 0. The molecule has 0 saturated heterocycles. The monoisotopic (exact) mass is 477 g/mol. The molecule has 0 radical (unpaired) electrons. The molecule has 1 aliphatic rings. The van der Waals surface area contributed by atoms with Crippen molar-refractivity contribution in [2.75, 3.05) is 0 Å². The molecule has 5 aromatic rings. The molecule has 0 unspecified atom stereocenters. The first-order valence-corrected chi connectivity index (χ1v) is 12.0. The Kier molecular flexibility index (Phi) is 4.83. The Morgan fingerprint density at radius 1 is 0.806 bits per heavy atom. The van der Waals surface area contributed by atoms with E-state index in [0.29, 0.717) is 10.9 Å². The van der Waals surface area contributed by atoms with Crippen molar-refractivity contribution in [2.24, 2.45) is 14.1 Å². The molecule has 2 aromatic heterocycles. The Balaban J connectivity index is 1.90. The number of fused-ring (bicyclic) bond motifs is 5. The normalized spacial score (nSPS) is 14.4. The Labute approximate surface area is 208 Å². The molecule has 180 valence electrons. The first-order valence-electron chi connectivity index (χ1n) is 12.0. The largest absolute Gasteiger partial charge is 0.477 e. The average Bonchev–Trinajstić information content (AvgIpc) is 3.22. The van der Waals surface area contributed by atoms with Crippen LogP contribution in [-0.2, 0) is 14.1 Å². The third kappa shape index (κ3) is 3.04. The van der Waals surface area contributed by atoms with E-state index < -0.39 is 6.10 Å². The molecule has 6 rings (SSSR count). The second-order valence-electron chi connectivity index (χ2n) is 9.70. The van der Waals surface area contributed by atoms with Gasteiger partial charge < -0.3 is 9.30 Å². The van der Waals surface area contributed by atoms with E-state index >= 15 is 0 Å². The molecule has 1 atom stereocenters. The molecule has 0 aliphatic carbocycles. The molecular weight excluding hydrogens is 450 g/mol. The first-order chi connectivity index (χ1) is 17.3. The van der Waals surface area contributed by atoms with Crippen molar-refractivity contribution in [3.63, 3.8) is 0 Å². The Morgan fingerprint density at radius 2 is 1.56 bits per heavy atom. The zero-order chi connectivity index (χ0) is 25.3. The minimum Gasteiger partial charge on any atom is -0.477 e. The third-order valence-corrected chi connectivity index (χ3v) is 7.20. The maximum absolute atomic E-state index is 13.8. The summed E-state index contributed by atoms with van der Waals surface area (Å²) in [6, 6.07) is 22.3. The van der Waals surface area contributed by atoms with Crippen LogP contribution >= 0.6 is 0 Å². The standard InChI is InChI=1S/C30H27N3O3/c1-17-9-8-11-20(15-17)28-27-26-24(29(34)32(5)30(35)31(26)4)25(21-12-7-6-10-19(21)3)33(27)22-16-18(2)13-14-23(22)36-28/h6-16,28H,1-5H3/t28-/m1/s1. The van der Waals surface area contributed by atoms with E-state index in [1.165, 1.54) is 11.6 Å². The highest BCUT2D eigenvalue weighted by Crippen LogP contribution is 2.47. The number of aryl methyl sites for hydroxylation is 4. The van der Waals surface area contributed by atoms with E-state index in [1.54, 1.807) is 11.6 Å². The van der Waals surface area contributed by atoms with Crippen molar-refractivity contribution in [3.05, 3.63) is 116 Å². The van der Waals surface area contributed by atoms with Gasteiger partial charge in [0.1, 0.15) is 5.75 Å². The van der Waals surface area contributed by atoms with E-state index in [9.17, 15) is 9.59 Å². The van der Waals surface area contributed by atoms with Gasteiger partial charge in [-0.05, 0) is 49.6 Å². The smallest absolute Gasteiger partial charge is 0.331 e. The van der Waals surface area contributed by atoms with Crippen LogP contribution in [0.3, 0.4) is 0 Å². The molecular formula is C30H27N3O3. The SMILES string of the molecule is Cc1cccc([C@H]2Oc3ccc(C)cc3-n3c(-c4ccccc4C)c4c(=O)n(C)c(=O)n(C)c4c32)c1. The fourth-order valence-electron chi connectivity index (χ4n) is 5.42. The fourth-order valence-corrected chi connectivity index (χ4v) is 5.42. The third-order valence-electron chi connectivity index (χ3n) is 7.20. The average molecular weight is 478 g/mol. The Morgan fingerprint density at radius 3 is 2.31 bits per heavy atom. The van der Waals surface area contributed by atoms with Gasteiger partial charge in [-0.2, -0.15) is 0 Å². The summed E-state index contributed by atoms with van der Waals surface area (Å²) in [7, 11) is 3.26. The van der Waals surface area contributed by atoms with Crippen molar-refractivity contribution in [2.45, 2.75) is 26.9 Å². The molecule has 0 N–H and O–H groups in total. The summed E-state index contributed by atoms with van der Waals surface area (Å²) in [5, 5.41) is 0.513. The zero-order valence-electron chi connectivity index (χ0n) is 21.0. The molecule has 0 spiro atoms. The van der Waals surface area contributed by atoms with E-state index in [1.807, 2.05) is 75.4 Å². The first kappa shape index (κ1) is 22.2. The van der Waals surface area contributed by atoms with Crippen LogP contribution in [0.2, 0.25) is 0 Å². The van der Waals surface area contributed by atoms with Gasteiger partial charge in [0, 0.05) is 19.7 Å². The van der Waals surface area contributed by atoms with Gasteiger partial charge in [0.05, 0.1) is 28.0 Å². The van der Waals surface area contributed by atoms with Crippen molar-refractivity contribution in [3.8, 4) is 22.7 Å². The molecule has 1 aliphatic heterocycles. The lowest BCUT2D eigenvalue weighted by atomic mass is 10.0. The molecule has 0 fully saturated rings. The maximum Gasteiger partial charge on any atom is 0.331 e. The van der Waals surface area contributed by atoms with Gasteiger partial charge in [0.15, 0.2) is 6.10 Å². The van der Waals surface area contributed by atoms with Gasteiger partial charge in [0.2, 0.25) is 0 Å². The van der Waals surface area contributed by atoms with Gasteiger partial charge in [-0.25, -0.2) is 4.79 Å². The van der Waals surface area contributed by atoms with E-state index in [2.05, 4.69) is 16.7 Å². The zero-order valence-corrected chi connectivity index (χ0v) is 21.0. The van der Waals surface area contributed by atoms with Crippen molar-refractivity contribution >= 4 is 10.9 Å². The quantitative estimate of drug-likeness (QED) is 0.355. The predicted molar refractivity (Wildman–Crippen MR) is 142 cm³/mol. The number of rotatable bonds is 2. The van der Waals surface area contributed by atoms with Crippen LogP contribution in [0.15, 0.2) is 76.3 Å². The molecule has 0 saturated carbocycles. The summed E-state index contributed by atoms with van der Waals surface area (Å²) in [6.07, 6.45) is -0.502. The van der Waals surface area contributed by atoms with Crippen molar-refractivity contribution < 1.29 is 4.74 Å². The second kappa shape index (κ2) is 7.85. The fraction of sp³-hybridized carbons (Fsp3) is 0.200. The number of nitrogens with zero attached hydrogens (tertiary/aromatic N) is 3. The van der Waals surface area contributed by atoms with Crippen LogP contribution in [0.25, 0.3) is 27.8 Å². The lowest BCUT2D eigenvalue weighted by molar-refractivity contribution is 0.229. The number of hydrogen-bond donors (Lipinski definition) is 0. The van der Waals surface area contributed by atoms with Crippen LogP contribution in [0.1, 0.15) is 34.1 Å². The molecule has 6 heteroatoms. The Bertz CT molecular complexity index is 1820. The van der Waals surface area contributed by atoms with Gasteiger partial charge in [-0.3, -0.25) is 13.9 Å². The van der Waals surface area contributed by atoms with Gasteiger partial charge in [-0.15, -0.1) is 0 Å². The number of hydrogen-bond acceptors (Lipinski definition) is 3. The van der Waals surface area contributed by atoms with Crippen LogP contribution in [0.5, 0.6) is 5.75 Å². The number of benzene rings is 3. The number of ether oxygens (including phenoxy) is 1. The molecule has 6 nitrogen and oxygen atoms in total. The predicted octanol–water partition coefficient (Wildman–Crippen LogP) is 5.10. The topological polar surface area (TPSA) is 58.2 Å². The number of aromatic nitrogens is 3. The highest BCUT2D eigenvalue weighted by Gasteiger charge is 2.36. The Hall–Kier alpha value is -4.32. The highest BCUT2D eigenvalue weighted by molar-refractivity contribution is 5.99. The molecule has 3 heterocycles. The van der Waals surface area contributed by atoms with Gasteiger partial charge >= 0.3 is 5.69 Å². The summed E-state index contributed by atoms with van der Waals surface area (Å²) in [5.74, 6) is 0.733. The summed E-state index contributed by atoms with van der Waals surface area (Å²) in [5.41, 5.74) is 7.48. The van der Waals surface area contributed by atoms with E-state index in [0.717, 1.165) is 50.6 Å².